The van der Waals surface area contributed by atoms with Crippen molar-refractivity contribution in [2.45, 2.75) is 29.3 Å². The number of halogens is 2. The zero-order chi connectivity index (χ0) is 13.5. The molecule has 1 fully saturated rings. The Morgan fingerprint density at radius 3 is 2.67 bits per heavy atom. The highest BCUT2D eigenvalue weighted by Gasteiger charge is 2.33. The van der Waals surface area contributed by atoms with Crippen molar-refractivity contribution in [3.05, 3.63) is 15.4 Å². The largest absolute Gasteiger partial charge is 0.252 e. The van der Waals surface area contributed by atoms with Gasteiger partial charge in [-0.15, -0.1) is 11.3 Å². The quantitative estimate of drug-likeness (QED) is 0.690. The first-order valence-corrected chi connectivity index (χ1v) is 9.69. The first kappa shape index (κ1) is 15.0. The van der Waals surface area contributed by atoms with Crippen LogP contribution in [0.2, 0.25) is 0 Å². The van der Waals surface area contributed by atoms with Gasteiger partial charge in [-0.25, -0.2) is 8.42 Å². The second-order valence-corrected chi connectivity index (χ2v) is 10.4. The molecule has 0 saturated carbocycles. The number of nitrogens with zero attached hydrogens (tertiary/aromatic N) is 1. The number of piperidine rings is 1. The molecule has 7 heteroatoms. The Morgan fingerprint density at radius 1 is 1.50 bits per heavy atom. The second-order valence-electron chi connectivity index (χ2n) is 4.67. The van der Waals surface area contributed by atoms with E-state index in [-0.39, 0.29) is 0 Å². The molecule has 18 heavy (non-hydrogen) atoms. The van der Waals surface area contributed by atoms with Gasteiger partial charge in [-0.3, -0.25) is 0 Å². The van der Waals surface area contributed by atoms with Gasteiger partial charge in [0.05, 0.1) is 3.79 Å². The van der Waals surface area contributed by atoms with Crippen LogP contribution in [-0.2, 0) is 10.0 Å². The van der Waals surface area contributed by atoms with Crippen LogP contribution in [0.3, 0.4) is 0 Å². The summed E-state index contributed by atoms with van der Waals surface area (Å²) in [6, 6.07) is 1.75. The fourth-order valence-corrected chi connectivity index (χ4v) is 6.29. The Kier molecular flexibility index (Phi) is 4.59. The zero-order valence-electron chi connectivity index (χ0n) is 10.2. The van der Waals surface area contributed by atoms with Gasteiger partial charge in [0.15, 0.2) is 0 Å². The first-order chi connectivity index (χ1) is 8.32. The summed E-state index contributed by atoms with van der Waals surface area (Å²) >= 11 is 8.27. The third kappa shape index (κ3) is 2.85. The van der Waals surface area contributed by atoms with E-state index in [4.69, 9.17) is 0 Å². The molecule has 0 aliphatic carbocycles. The lowest BCUT2D eigenvalue weighted by atomic mass is 10.0. The molecule has 3 nitrogen and oxygen atoms in total. The van der Waals surface area contributed by atoms with Gasteiger partial charge < -0.3 is 0 Å². The molecule has 1 aliphatic rings. The van der Waals surface area contributed by atoms with Crippen LogP contribution in [-0.4, -0.2) is 30.6 Å². The third-order valence-electron chi connectivity index (χ3n) is 3.19. The van der Waals surface area contributed by atoms with Gasteiger partial charge in [-0.2, -0.15) is 4.31 Å². The van der Waals surface area contributed by atoms with Crippen LogP contribution in [0.5, 0.6) is 0 Å². The smallest absolute Gasteiger partial charge is 0.206 e. The van der Waals surface area contributed by atoms with Gasteiger partial charge in [-0.05, 0) is 46.8 Å². The second kappa shape index (κ2) is 5.52. The van der Waals surface area contributed by atoms with E-state index >= 15 is 0 Å². The monoisotopic (exact) mass is 415 g/mol. The maximum Gasteiger partial charge on any atom is 0.252 e. The molecule has 0 bridgehead atoms. The maximum atomic E-state index is 12.5. The van der Waals surface area contributed by atoms with Crippen molar-refractivity contribution in [1.29, 1.82) is 0 Å². The van der Waals surface area contributed by atoms with E-state index in [1.807, 2.05) is 6.92 Å². The number of rotatable bonds is 2. The Hall–Kier alpha value is 0.570. The molecule has 2 unspecified atom stereocenters. The van der Waals surface area contributed by atoms with E-state index in [0.29, 0.717) is 28.0 Å². The molecule has 102 valence electrons. The van der Waals surface area contributed by atoms with E-state index in [2.05, 4.69) is 38.8 Å². The predicted molar refractivity (Wildman–Crippen MR) is 82.0 cm³/mol. The molecule has 0 radical (unpaired) electrons. The summed E-state index contributed by atoms with van der Waals surface area (Å²) in [4.78, 5) is 0.417. The van der Waals surface area contributed by atoms with Gasteiger partial charge in [-0.1, -0.05) is 22.9 Å². The van der Waals surface area contributed by atoms with Gasteiger partial charge in [0.25, 0.3) is 10.0 Å². The SMILES string of the molecule is Cc1cc(S(=O)(=O)N2CCC(Br)C(C)C2)sc1Br. The molecule has 1 aromatic heterocycles. The summed E-state index contributed by atoms with van der Waals surface area (Å²) in [6.07, 6.45) is 0.867. The number of aryl methyl sites for hydroxylation is 1. The predicted octanol–water partition coefficient (Wildman–Crippen LogP) is 3.61. The van der Waals surface area contributed by atoms with E-state index in [1.54, 1.807) is 10.4 Å². The van der Waals surface area contributed by atoms with Crippen molar-refractivity contribution in [2.75, 3.05) is 13.1 Å². The summed E-state index contributed by atoms with van der Waals surface area (Å²) in [5.74, 6) is 0.345. The van der Waals surface area contributed by atoms with Crippen molar-refractivity contribution in [3.63, 3.8) is 0 Å². The minimum atomic E-state index is -3.32. The summed E-state index contributed by atoms with van der Waals surface area (Å²) in [5.41, 5.74) is 0.974. The molecule has 0 amide bonds. The highest BCUT2D eigenvalue weighted by molar-refractivity contribution is 9.11. The normalized spacial score (nSPS) is 26.4. The van der Waals surface area contributed by atoms with Crippen LogP contribution < -0.4 is 0 Å². The summed E-state index contributed by atoms with van der Waals surface area (Å²) in [5, 5.41) is 0. The first-order valence-electron chi connectivity index (χ1n) is 5.72. The molecule has 0 N–H and O–H groups in total. The highest BCUT2D eigenvalue weighted by atomic mass is 79.9. The highest BCUT2D eigenvalue weighted by Crippen LogP contribution is 2.34. The fourth-order valence-electron chi connectivity index (χ4n) is 1.98. The maximum absolute atomic E-state index is 12.5. The Bertz CT molecular complexity index is 522. The fraction of sp³-hybridized carbons (Fsp3) is 0.636. The van der Waals surface area contributed by atoms with E-state index in [1.165, 1.54) is 11.3 Å². The van der Waals surface area contributed by atoms with E-state index in [0.717, 1.165) is 15.8 Å². The molecule has 0 aromatic carbocycles. The Labute approximate surface area is 129 Å². The molecular formula is C11H15Br2NO2S2. The van der Waals surface area contributed by atoms with E-state index < -0.39 is 10.0 Å². The summed E-state index contributed by atoms with van der Waals surface area (Å²) in [7, 11) is -3.32. The van der Waals surface area contributed by atoms with Gasteiger partial charge in [0.1, 0.15) is 4.21 Å². The summed E-state index contributed by atoms with van der Waals surface area (Å²) < 4.78 is 27.9. The van der Waals surface area contributed by atoms with Crippen molar-refractivity contribution in [1.82, 2.24) is 4.31 Å². The molecule has 0 spiro atoms. The third-order valence-corrected chi connectivity index (χ3v) is 9.00. The number of alkyl halides is 1. The van der Waals surface area contributed by atoms with Crippen molar-refractivity contribution >= 4 is 53.2 Å². The van der Waals surface area contributed by atoms with Gasteiger partial charge in [0, 0.05) is 17.9 Å². The van der Waals surface area contributed by atoms with Crippen molar-refractivity contribution < 1.29 is 8.42 Å². The minimum Gasteiger partial charge on any atom is -0.206 e. The zero-order valence-corrected chi connectivity index (χ0v) is 15.0. The number of hydrogen-bond acceptors (Lipinski definition) is 3. The molecule has 1 aromatic rings. The number of thiophene rings is 1. The van der Waals surface area contributed by atoms with Crippen molar-refractivity contribution in [2.24, 2.45) is 5.92 Å². The Balaban J connectivity index is 2.26. The standard InChI is InChI=1S/C11H15Br2NO2S2/c1-7-5-10(17-11(7)13)18(15,16)14-4-3-9(12)8(2)6-14/h5,8-9H,3-4,6H2,1-2H3. The van der Waals surface area contributed by atoms with Crippen LogP contribution in [0.4, 0.5) is 0 Å². The van der Waals surface area contributed by atoms with Crippen LogP contribution in [0.25, 0.3) is 0 Å². The average molecular weight is 417 g/mol. The molecule has 2 rings (SSSR count). The topological polar surface area (TPSA) is 37.4 Å². The lowest BCUT2D eigenvalue weighted by Crippen LogP contribution is -2.42. The van der Waals surface area contributed by atoms with Crippen LogP contribution in [0.15, 0.2) is 14.1 Å². The van der Waals surface area contributed by atoms with Gasteiger partial charge >= 0.3 is 0 Å². The van der Waals surface area contributed by atoms with Crippen LogP contribution in [0, 0.1) is 12.8 Å². The molecule has 2 atom stereocenters. The van der Waals surface area contributed by atoms with E-state index in [9.17, 15) is 8.42 Å². The summed E-state index contributed by atoms with van der Waals surface area (Å²) in [6.45, 7) is 5.17. The number of sulfonamides is 1. The molecule has 2 heterocycles. The van der Waals surface area contributed by atoms with Crippen LogP contribution in [0.1, 0.15) is 18.9 Å². The number of hydrogen-bond donors (Lipinski definition) is 0. The lowest BCUT2D eigenvalue weighted by molar-refractivity contribution is 0.292. The van der Waals surface area contributed by atoms with Crippen molar-refractivity contribution in [3.8, 4) is 0 Å². The molecule has 1 saturated heterocycles. The van der Waals surface area contributed by atoms with Crippen LogP contribution >= 0.6 is 43.2 Å². The lowest BCUT2D eigenvalue weighted by Gasteiger charge is -2.33. The molecule has 1 aliphatic heterocycles. The Morgan fingerprint density at radius 2 is 2.17 bits per heavy atom. The minimum absolute atomic E-state index is 0.345. The average Bonchev–Trinajstić information content (AvgIpc) is 2.64. The molecular weight excluding hydrogens is 402 g/mol. The van der Waals surface area contributed by atoms with Gasteiger partial charge in [0.2, 0.25) is 0 Å².